The first kappa shape index (κ1) is 18.1. The maximum Gasteiger partial charge on any atom is 0.0736 e. The molecule has 0 saturated heterocycles. The molecule has 0 radical (unpaired) electrons. The van der Waals surface area contributed by atoms with Crippen LogP contribution in [0.3, 0.4) is 0 Å². The molecule has 4 rings (SSSR count). The van der Waals surface area contributed by atoms with Gasteiger partial charge in [-0.3, -0.25) is 9.97 Å². The normalized spacial score (nSPS) is 10.7. The molecule has 2 aromatic carbocycles. The van der Waals surface area contributed by atoms with Crippen LogP contribution < -0.4 is 0 Å². The summed E-state index contributed by atoms with van der Waals surface area (Å²) in [5.74, 6) is 0. The second kappa shape index (κ2) is 7.25. The zero-order chi connectivity index (χ0) is 18.8. The summed E-state index contributed by atoms with van der Waals surface area (Å²) in [5, 5.41) is 2.58. The molecular weight excluding hydrogens is 316 g/mol. The van der Waals surface area contributed by atoms with E-state index in [0.29, 0.717) is 0 Å². The number of rotatable bonds is 0. The fraction of sp³-hybridized carbons (Fsp3) is 0.250. The molecule has 0 aliphatic heterocycles. The average Bonchev–Trinajstić information content (AvgIpc) is 2.64. The predicted octanol–water partition coefficient (Wildman–Crippen LogP) is 6.32. The molecule has 0 unspecified atom stereocenters. The molecule has 0 bridgehead atoms. The van der Waals surface area contributed by atoms with Crippen molar-refractivity contribution in [3.8, 4) is 0 Å². The number of pyridine rings is 2. The van der Waals surface area contributed by atoms with E-state index in [2.05, 4.69) is 81.8 Å². The molecule has 0 amide bonds. The smallest absolute Gasteiger partial charge is 0.0736 e. The van der Waals surface area contributed by atoms with Crippen LogP contribution in [0.2, 0.25) is 0 Å². The van der Waals surface area contributed by atoms with Crippen LogP contribution in [0.5, 0.6) is 0 Å². The summed E-state index contributed by atoms with van der Waals surface area (Å²) in [6.07, 6.45) is 3.73. The highest BCUT2D eigenvalue weighted by atomic mass is 14.7. The van der Waals surface area contributed by atoms with Crippen LogP contribution in [0.4, 0.5) is 0 Å². The number of aromatic nitrogens is 2. The second-order valence-electron chi connectivity index (χ2n) is 7.09. The zero-order valence-corrected chi connectivity index (χ0v) is 16.5. The Morgan fingerprint density at radius 1 is 0.577 bits per heavy atom. The molecule has 0 saturated carbocycles. The Labute approximate surface area is 155 Å². The summed E-state index contributed by atoms with van der Waals surface area (Å²) in [7, 11) is 0. The van der Waals surface area contributed by atoms with E-state index in [1.807, 2.05) is 18.5 Å². The predicted molar refractivity (Wildman–Crippen MR) is 112 cm³/mol. The van der Waals surface area contributed by atoms with E-state index in [1.54, 1.807) is 0 Å². The first-order chi connectivity index (χ1) is 12.4. The van der Waals surface area contributed by atoms with Gasteiger partial charge in [0.05, 0.1) is 11.0 Å². The maximum atomic E-state index is 4.40. The van der Waals surface area contributed by atoms with Crippen molar-refractivity contribution in [2.75, 3.05) is 0 Å². The van der Waals surface area contributed by atoms with Gasteiger partial charge in [-0.1, -0.05) is 24.3 Å². The van der Waals surface area contributed by atoms with E-state index in [1.165, 1.54) is 44.2 Å². The standard InChI is InChI=1S/2C12H13N/c1-8-4-5-10(3)12-11(8)9(2)6-7-13-12;1-8-7-9(2)11-5-4-6-13-12(11)10(8)3/h2*4-7H,1-3H3. The van der Waals surface area contributed by atoms with Gasteiger partial charge in [0.15, 0.2) is 0 Å². The summed E-state index contributed by atoms with van der Waals surface area (Å²) in [6.45, 7) is 12.8. The fourth-order valence-corrected chi connectivity index (χ4v) is 3.49. The van der Waals surface area contributed by atoms with Crippen molar-refractivity contribution in [3.63, 3.8) is 0 Å². The quantitative estimate of drug-likeness (QED) is 0.374. The lowest BCUT2D eigenvalue weighted by Gasteiger charge is -2.07. The highest BCUT2D eigenvalue weighted by Gasteiger charge is 2.04. The Bertz CT molecular complexity index is 1090. The van der Waals surface area contributed by atoms with Crippen LogP contribution in [0.1, 0.15) is 33.4 Å². The highest BCUT2D eigenvalue weighted by molar-refractivity contribution is 5.87. The molecule has 2 heterocycles. The van der Waals surface area contributed by atoms with Gasteiger partial charge >= 0.3 is 0 Å². The van der Waals surface area contributed by atoms with Crippen molar-refractivity contribution >= 4 is 21.8 Å². The van der Waals surface area contributed by atoms with Crippen molar-refractivity contribution in [2.45, 2.75) is 41.5 Å². The van der Waals surface area contributed by atoms with Crippen LogP contribution in [0, 0.1) is 41.5 Å². The molecule has 132 valence electrons. The first-order valence-corrected chi connectivity index (χ1v) is 9.03. The van der Waals surface area contributed by atoms with Crippen molar-refractivity contribution in [1.29, 1.82) is 0 Å². The second-order valence-corrected chi connectivity index (χ2v) is 7.09. The summed E-state index contributed by atoms with van der Waals surface area (Å²) < 4.78 is 0. The van der Waals surface area contributed by atoms with Crippen LogP contribution in [0.15, 0.2) is 48.8 Å². The van der Waals surface area contributed by atoms with E-state index < -0.39 is 0 Å². The summed E-state index contributed by atoms with van der Waals surface area (Å²) in [6, 6.07) is 12.7. The topological polar surface area (TPSA) is 25.8 Å². The maximum absolute atomic E-state index is 4.40. The van der Waals surface area contributed by atoms with Gasteiger partial charge in [0, 0.05) is 23.2 Å². The van der Waals surface area contributed by atoms with Gasteiger partial charge in [-0.05, 0) is 87.1 Å². The van der Waals surface area contributed by atoms with E-state index >= 15 is 0 Å². The molecule has 0 N–H and O–H groups in total. The van der Waals surface area contributed by atoms with Gasteiger partial charge in [0.2, 0.25) is 0 Å². The Morgan fingerprint density at radius 2 is 1.23 bits per heavy atom. The van der Waals surface area contributed by atoms with Gasteiger partial charge in [-0.2, -0.15) is 0 Å². The minimum Gasteiger partial charge on any atom is -0.256 e. The summed E-state index contributed by atoms with van der Waals surface area (Å²) in [5.41, 5.74) is 10.1. The molecule has 0 aliphatic carbocycles. The average molecular weight is 342 g/mol. The molecular formula is C24H26N2. The van der Waals surface area contributed by atoms with Crippen molar-refractivity contribution in [1.82, 2.24) is 9.97 Å². The lowest BCUT2D eigenvalue weighted by Crippen LogP contribution is -1.89. The third kappa shape index (κ3) is 3.32. The number of hydrogen-bond donors (Lipinski definition) is 0. The molecule has 0 atom stereocenters. The number of nitrogens with zero attached hydrogens (tertiary/aromatic N) is 2. The Kier molecular flexibility index (Phi) is 5.03. The zero-order valence-electron chi connectivity index (χ0n) is 16.5. The minimum atomic E-state index is 1.14. The molecule has 26 heavy (non-hydrogen) atoms. The molecule has 0 aliphatic rings. The SMILES string of the molecule is Cc1cc(C)c2cccnc2c1C.Cc1ccc(C)c2c(C)ccnc12. The van der Waals surface area contributed by atoms with Crippen LogP contribution in [0.25, 0.3) is 21.8 Å². The molecule has 0 spiro atoms. The van der Waals surface area contributed by atoms with Crippen molar-refractivity contribution in [2.24, 2.45) is 0 Å². The van der Waals surface area contributed by atoms with Crippen LogP contribution in [-0.2, 0) is 0 Å². The lowest BCUT2D eigenvalue weighted by molar-refractivity contribution is 1.29. The van der Waals surface area contributed by atoms with Gasteiger partial charge < -0.3 is 0 Å². The molecule has 2 heteroatoms. The van der Waals surface area contributed by atoms with E-state index in [0.717, 1.165) is 11.0 Å². The third-order valence-corrected chi connectivity index (χ3v) is 5.12. The molecule has 2 nitrogen and oxygen atoms in total. The molecule has 4 aromatic rings. The van der Waals surface area contributed by atoms with Crippen LogP contribution >= 0.6 is 0 Å². The largest absolute Gasteiger partial charge is 0.256 e. The molecule has 2 aromatic heterocycles. The van der Waals surface area contributed by atoms with Crippen molar-refractivity contribution in [3.05, 3.63) is 82.2 Å². The summed E-state index contributed by atoms with van der Waals surface area (Å²) in [4.78, 5) is 8.80. The Balaban J connectivity index is 0.000000151. The van der Waals surface area contributed by atoms with E-state index in [-0.39, 0.29) is 0 Å². The van der Waals surface area contributed by atoms with Gasteiger partial charge in [0.1, 0.15) is 0 Å². The minimum absolute atomic E-state index is 1.14. The fourth-order valence-electron chi connectivity index (χ4n) is 3.49. The highest BCUT2D eigenvalue weighted by Crippen LogP contribution is 2.23. The van der Waals surface area contributed by atoms with Gasteiger partial charge in [-0.15, -0.1) is 0 Å². The number of aryl methyl sites for hydroxylation is 6. The van der Waals surface area contributed by atoms with Gasteiger partial charge in [-0.25, -0.2) is 0 Å². The lowest BCUT2D eigenvalue weighted by atomic mass is 10.0. The van der Waals surface area contributed by atoms with Crippen molar-refractivity contribution < 1.29 is 0 Å². The number of fused-ring (bicyclic) bond motifs is 2. The monoisotopic (exact) mass is 342 g/mol. The Morgan fingerprint density at radius 3 is 1.96 bits per heavy atom. The summed E-state index contributed by atoms with van der Waals surface area (Å²) >= 11 is 0. The number of hydrogen-bond acceptors (Lipinski definition) is 2. The van der Waals surface area contributed by atoms with E-state index in [4.69, 9.17) is 0 Å². The number of benzene rings is 2. The Hall–Kier alpha value is -2.74. The van der Waals surface area contributed by atoms with E-state index in [9.17, 15) is 0 Å². The van der Waals surface area contributed by atoms with Crippen LogP contribution in [-0.4, -0.2) is 9.97 Å². The molecule has 0 fully saturated rings. The first-order valence-electron chi connectivity index (χ1n) is 9.03. The third-order valence-electron chi connectivity index (χ3n) is 5.12. The van der Waals surface area contributed by atoms with Gasteiger partial charge in [0.25, 0.3) is 0 Å².